The van der Waals surface area contributed by atoms with Crippen molar-refractivity contribution in [3.05, 3.63) is 22.4 Å². The number of carbonyl (C=O) groups is 1. The molecule has 6 heteroatoms. The Morgan fingerprint density at radius 3 is 2.65 bits per heavy atom. The Balaban J connectivity index is 2.65. The second-order valence-corrected chi connectivity index (χ2v) is 5.29. The van der Waals surface area contributed by atoms with E-state index in [0.29, 0.717) is 0 Å². The minimum absolute atomic E-state index is 0.423. The van der Waals surface area contributed by atoms with Gasteiger partial charge in [0.15, 0.2) is 0 Å². The van der Waals surface area contributed by atoms with E-state index in [-0.39, 0.29) is 0 Å². The van der Waals surface area contributed by atoms with Crippen molar-refractivity contribution in [3.63, 3.8) is 0 Å². The van der Waals surface area contributed by atoms with Crippen LogP contribution in [0.5, 0.6) is 0 Å². The van der Waals surface area contributed by atoms with Gasteiger partial charge in [-0.3, -0.25) is 4.79 Å². The number of nitrogens with two attached hydrogens (primary N) is 1. The molecule has 0 aliphatic carbocycles. The number of carbonyl (C=O) groups excluding carboxylic acids is 1. The molecule has 17 heavy (non-hydrogen) atoms. The number of halogens is 2. The third kappa shape index (κ3) is 3.47. The molecule has 0 spiro atoms. The highest BCUT2D eigenvalue weighted by Gasteiger charge is 2.34. The van der Waals surface area contributed by atoms with E-state index in [1.807, 2.05) is 17.5 Å². The fraction of sp³-hybridized carbons (Fsp3) is 0.545. The lowest BCUT2D eigenvalue weighted by atomic mass is 9.90. The molecule has 1 rings (SSSR count). The SMILES string of the molecule is CC(C)(C(=O)NCC(F)(F)CN)c1cccs1. The van der Waals surface area contributed by atoms with Gasteiger partial charge in [-0.15, -0.1) is 11.3 Å². The van der Waals surface area contributed by atoms with Crippen molar-refractivity contribution in [2.24, 2.45) is 5.73 Å². The van der Waals surface area contributed by atoms with Gasteiger partial charge < -0.3 is 11.1 Å². The molecule has 0 fully saturated rings. The predicted molar refractivity (Wildman–Crippen MR) is 64.4 cm³/mol. The lowest BCUT2D eigenvalue weighted by Crippen LogP contribution is -2.47. The van der Waals surface area contributed by atoms with Crippen LogP contribution in [0.3, 0.4) is 0 Å². The van der Waals surface area contributed by atoms with E-state index in [2.05, 4.69) is 5.32 Å². The minimum atomic E-state index is -3.05. The summed E-state index contributed by atoms with van der Waals surface area (Å²) in [7, 11) is 0. The summed E-state index contributed by atoms with van der Waals surface area (Å²) in [5.74, 6) is -3.48. The summed E-state index contributed by atoms with van der Waals surface area (Å²) in [6.07, 6.45) is 0. The molecule has 0 bridgehead atoms. The lowest BCUT2D eigenvalue weighted by molar-refractivity contribution is -0.127. The first-order chi connectivity index (χ1) is 7.79. The minimum Gasteiger partial charge on any atom is -0.349 e. The summed E-state index contributed by atoms with van der Waals surface area (Å²) in [5.41, 5.74) is 4.09. The monoisotopic (exact) mass is 262 g/mol. The van der Waals surface area contributed by atoms with E-state index in [1.54, 1.807) is 13.8 Å². The molecule has 1 aromatic heterocycles. The molecule has 3 N–H and O–H groups in total. The van der Waals surface area contributed by atoms with Gasteiger partial charge in [0, 0.05) is 4.88 Å². The number of hydrogen-bond acceptors (Lipinski definition) is 3. The van der Waals surface area contributed by atoms with Crippen LogP contribution < -0.4 is 11.1 Å². The second kappa shape index (κ2) is 5.10. The van der Waals surface area contributed by atoms with Crippen molar-refractivity contribution >= 4 is 17.2 Å². The van der Waals surface area contributed by atoms with Crippen molar-refractivity contribution < 1.29 is 13.6 Å². The Morgan fingerprint density at radius 1 is 1.53 bits per heavy atom. The van der Waals surface area contributed by atoms with E-state index in [4.69, 9.17) is 5.73 Å². The molecule has 1 heterocycles. The van der Waals surface area contributed by atoms with Crippen LogP contribution in [0, 0.1) is 0 Å². The molecule has 0 radical (unpaired) electrons. The Morgan fingerprint density at radius 2 is 2.18 bits per heavy atom. The van der Waals surface area contributed by atoms with Crippen LogP contribution in [0.2, 0.25) is 0 Å². The van der Waals surface area contributed by atoms with Crippen LogP contribution in [0.1, 0.15) is 18.7 Å². The molecular formula is C11H16F2N2OS. The quantitative estimate of drug-likeness (QED) is 0.849. The summed E-state index contributed by atoms with van der Waals surface area (Å²) >= 11 is 1.42. The van der Waals surface area contributed by atoms with Gasteiger partial charge in [0.25, 0.3) is 5.92 Å². The number of amides is 1. The molecule has 0 saturated heterocycles. The van der Waals surface area contributed by atoms with Crippen molar-refractivity contribution in [2.75, 3.05) is 13.1 Å². The van der Waals surface area contributed by atoms with Crippen LogP contribution in [0.15, 0.2) is 17.5 Å². The topological polar surface area (TPSA) is 55.1 Å². The lowest BCUT2D eigenvalue weighted by Gasteiger charge is -2.24. The number of rotatable bonds is 5. The predicted octanol–water partition coefficient (Wildman–Crippen LogP) is 1.74. The average Bonchev–Trinajstić information content (AvgIpc) is 2.79. The summed E-state index contributed by atoms with van der Waals surface area (Å²) in [6, 6.07) is 3.63. The van der Waals surface area contributed by atoms with E-state index in [9.17, 15) is 13.6 Å². The van der Waals surface area contributed by atoms with Gasteiger partial charge in [0.1, 0.15) is 0 Å². The Hall–Kier alpha value is -1.01. The van der Waals surface area contributed by atoms with E-state index in [1.165, 1.54) is 11.3 Å². The molecule has 96 valence electrons. The Labute approximate surface area is 103 Å². The Kier molecular flexibility index (Phi) is 4.21. The Bertz CT molecular complexity index is 377. The summed E-state index contributed by atoms with van der Waals surface area (Å²) < 4.78 is 25.8. The molecule has 0 aromatic carbocycles. The fourth-order valence-electron chi connectivity index (χ4n) is 1.25. The smallest absolute Gasteiger partial charge is 0.277 e. The largest absolute Gasteiger partial charge is 0.349 e. The van der Waals surface area contributed by atoms with Crippen LogP contribution >= 0.6 is 11.3 Å². The van der Waals surface area contributed by atoms with Gasteiger partial charge in [-0.05, 0) is 25.3 Å². The highest BCUT2D eigenvalue weighted by molar-refractivity contribution is 7.10. The number of hydrogen-bond donors (Lipinski definition) is 2. The zero-order valence-corrected chi connectivity index (χ0v) is 10.6. The zero-order chi connectivity index (χ0) is 13.1. The summed E-state index contributed by atoms with van der Waals surface area (Å²) in [4.78, 5) is 12.7. The maximum absolute atomic E-state index is 12.9. The average molecular weight is 262 g/mol. The van der Waals surface area contributed by atoms with Crippen molar-refractivity contribution in [1.82, 2.24) is 5.32 Å². The molecule has 0 aliphatic rings. The zero-order valence-electron chi connectivity index (χ0n) is 9.80. The molecular weight excluding hydrogens is 246 g/mol. The molecule has 0 saturated carbocycles. The van der Waals surface area contributed by atoms with Gasteiger partial charge in [-0.2, -0.15) is 0 Å². The van der Waals surface area contributed by atoms with E-state index >= 15 is 0 Å². The van der Waals surface area contributed by atoms with E-state index in [0.717, 1.165) is 4.88 Å². The van der Waals surface area contributed by atoms with Gasteiger partial charge in [0.05, 0.1) is 18.5 Å². The highest BCUT2D eigenvalue weighted by Crippen LogP contribution is 2.27. The molecule has 0 atom stereocenters. The van der Waals surface area contributed by atoms with Crippen LogP contribution in [0.25, 0.3) is 0 Å². The molecule has 0 aliphatic heterocycles. The van der Waals surface area contributed by atoms with Gasteiger partial charge in [0.2, 0.25) is 5.91 Å². The second-order valence-electron chi connectivity index (χ2n) is 4.35. The number of nitrogens with one attached hydrogen (secondary N) is 1. The fourth-order valence-corrected chi connectivity index (χ4v) is 2.10. The first-order valence-electron chi connectivity index (χ1n) is 5.20. The highest BCUT2D eigenvalue weighted by atomic mass is 32.1. The number of alkyl halides is 2. The first kappa shape index (κ1) is 14.1. The maximum Gasteiger partial charge on any atom is 0.277 e. The standard InChI is InChI=1S/C11H16F2N2OS/c1-10(2,8-4-3-5-17-8)9(16)15-7-11(12,13)6-14/h3-5H,6-7,14H2,1-2H3,(H,15,16). The summed E-state index contributed by atoms with van der Waals surface area (Å²) in [5, 5.41) is 4.09. The van der Waals surface area contributed by atoms with Crippen LogP contribution in [-0.4, -0.2) is 24.9 Å². The summed E-state index contributed by atoms with van der Waals surface area (Å²) in [6.45, 7) is 1.91. The van der Waals surface area contributed by atoms with Crippen molar-refractivity contribution in [2.45, 2.75) is 25.2 Å². The van der Waals surface area contributed by atoms with Gasteiger partial charge >= 0.3 is 0 Å². The number of thiophene rings is 1. The molecule has 0 unspecified atom stereocenters. The molecule has 3 nitrogen and oxygen atoms in total. The van der Waals surface area contributed by atoms with Gasteiger partial charge in [-0.1, -0.05) is 6.07 Å². The van der Waals surface area contributed by atoms with Crippen molar-refractivity contribution in [3.8, 4) is 0 Å². The normalized spacial score (nSPS) is 12.5. The first-order valence-corrected chi connectivity index (χ1v) is 6.08. The third-order valence-corrected chi connectivity index (χ3v) is 3.70. The molecule has 1 amide bonds. The van der Waals surface area contributed by atoms with Gasteiger partial charge in [-0.25, -0.2) is 8.78 Å². The van der Waals surface area contributed by atoms with E-state index < -0.39 is 30.3 Å². The van der Waals surface area contributed by atoms with Crippen LogP contribution in [-0.2, 0) is 10.2 Å². The maximum atomic E-state index is 12.9. The van der Waals surface area contributed by atoms with Crippen LogP contribution in [0.4, 0.5) is 8.78 Å². The van der Waals surface area contributed by atoms with Crippen molar-refractivity contribution in [1.29, 1.82) is 0 Å². The third-order valence-electron chi connectivity index (χ3n) is 2.51. The molecule has 1 aromatic rings.